The molecule has 0 radical (unpaired) electrons. The Morgan fingerprint density at radius 2 is 1.90 bits per heavy atom. The summed E-state index contributed by atoms with van der Waals surface area (Å²) in [6, 6.07) is 1.83. The van der Waals surface area contributed by atoms with Crippen LogP contribution >= 0.6 is 0 Å². The number of rotatable bonds is 3. The number of carbonyl (C=O) groups is 1. The highest BCUT2D eigenvalue weighted by Gasteiger charge is 2.52. The number of carbonyl (C=O) groups excluding carboxylic acids is 1. The van der Waals surface area contributed by atoms with Gasteiger partial charge in [-0.3, -0.25) is 9.78 Å². The van der Waals surface area contributed by atoms with E-state index >= 15 is 0 Å². The number of amides is 1. The van der Waals surface area contributed by atoms with Crippen molar-refractivity contribution in [3.05, 3.63) is 24.0 Å². The summed E-state index contributed by atoms with van der Waals surface area (Å²) >= 11 is 0. The Kier molecular flexibility index (Phi) is 3.89. The largest absolute Gasteiger partial charge is 0.496 e. The highest BCUT2D eigenvalue weighted by atomic mass is 16.7. The molecule has 5 nitrogen and oxygen atoms in total. The van der Waals surface area contributed by atoms with E-state index in [0.717, 1.165) is 11.0 Å². The van der Waals surface area contributed by atoms with Crippen LogP contribution in [0.15, 0.2) is 18.5 Å². The van der Waals surface area contributed by atoms with Crippen LogP contribution in [0.1, 0.15) is 33.3 Å². The molecule has 108 valence electrons. The minimum Gasteiger partial charge on any atom is -0.399 e. The van der Waals surface area contributed by atoms with Crippen molar-refractivity contribution < 1.29 is 14.1 Å². The summed E-state index contributed by atoms with van der Waals surface area (Å²) in [5, 5.41) is 2.62. The fourth-order valence-electron chi connectivity index (χ4n) is 2.04. The van der Waals surface area contributed by atoms with Gasteiger partial charge in [0.15, 0.2) is 0 Å². The van der Waals surface area contributed by atoms with Crippen LogP contribution in [0.25, 0.3) is 0 Å². The lowest BCUT2D eigenvalue weighted by Gasteiger charge is -2.32. The van der Waals surface area contributed by atoms with Crippen LogP contribution in [-0.2, 0) is 20.5 Å². The minimum absolute atomic E-state index is 0.0473. The number of pyridine rings is 1. The van der Waals surface area contributed by atoms with Crippen molar-refractivity contribution in [2.75, 3.05) is 7.05 Å². The summed E-state index contributed by atoms with van der Waals surface area (Å²) < 4.78 is 12.0. The van der Waals surface area contributed by atoms with E-state index < -0.39 is 18.3 Å². The summed E-state index contributed by atoms with van der Waals surface area (Å²) in [5.41, 5.74) is 0.878. The van der Waals surface area contributed by atoms with Gasteiger partial charge in [0.2, 0.25) is 5.91 Å². The Labute approximate surface area is 120 Å². The number of likely N-dealkylation sites (N-methyl/N-ethyl adjacent to an activating group) is 1. The number of nitrogens with zero attached hydrogens (tertiary/aromatic N) is 1. The number of aromatic nitrogens is 1. The predicted octanol–water partition coefficient (Wildman–Crippen LogP) is 0.669. The van der Waals surface area contributed by atoms with Gasteiger partial charge in [0.1, 0.15) is 0 Å². The predicted molar refractivity (Wildman–Crippen MR) is 77.7 cm³/mol. The first-order valence-electron chi connectivity index (χ1n) is 6.76. The third-order valence-electron chi connectivity index (χ3n) is 4.08. The van der Waals surface area contributed by atoms with Gasteiger partial charge < -0.3 is 14.6 Å². The van der Waals surface area contributed by atoms with Crippen molar-refractivity contribution in [1.29, 1.82) is 0 Å². The van der Waals surface area contributed by atoms with Crippen LogP contribution in [0.3, 0.4) is 0 Å². The molecule has 1 fully saturated rings. The highest BCUT2D eigenvalue weighted by molar-refractivity contribution is 6.62. The molecule has 2 heterocycles. The van der Waals surface area contributed by atoms with Gasteiger partial charge in [0, 0.05) is 24.9 Å². The summed E-state index contributed by atoms with van der Waals surface area (Å²) in [5.74, 6) is -0.0473. The molecule has 1 aliphatic rings. The molecule has 1 aromatic heterocycles. The maximum absolute atomic E-state index is 11.6. The van der Waals surface area contributed by atoms with E-state index in [1.54, 1.807) is 19.4 Å². The zero-order chi connectivity index (χ0) is 15.0. The fourth-order valence-corrected chi connectivity index (χ4v) is 2.04. The molecular formula is C14H21BN2O3. The van der Waals surface area contributed by atoms with Crippen LogP contribution in [0.2, 0.25) is 0 Å². The van der Waals surface area contributed by atoms with Crippen molar-refractivity contribution in [3.63, 3.8) is 0 Å². The second-order valence-corrected chi connectivity index (χ2v) is 6.01. The van der Waals surface area contributed by atoms with Crippen LogP contribution in [0, 0.1) is 0 Å². The lowest BCUT2D eigenvalue weighted by molar-refractivity contribution is -0.119. The first-order valence-corrected chi connectivity index (χ1v) is 6.76. The summed E-state index contributed by atoms with van der Waals surface area (Å²) in [6.07, 6.45) is 3.67. The molecule has 2 rings (SSSR count). The van der Waals surface area contributed by atoms with E-state index in [1.807, 2.05) is 33.8 Å². The van der Waals surface area contributed by atoms with E-state index in [4.69, 9.17) is 9.31 Å². The molecule has 1 aromatic rings. The first kappa shape index (κ1) is 15.0. The van der Waals surface area contributed by atoms with Crippen molar-refractivity contribution in [1.82, 2.24) is 10.3 Å². The highest BCUT2D eigenvalue weighted by Crippen LogP contribution is 2.36. The lowest BCUT2D eigenvalue weighted by atomic mass is 9.76. The van der Waals surface area contributed by atoms with Crippen molar-refractivity contribution in [2.24, 2.45) is 0 Å². The van der Waals surface area contributed by atoms with E-state index in [9.17, 15) is 4.79 Å². The minimum atomic E-state index is -0.492. The van der Waals surface area contributed by atoms with Crippen molar-refractivity contribution >= 4 is 18.5 Å². The van der Waals surface area contributed by atoms with Crippen molar-refractivity contribution in [3.8, 4) is 0 Å². The molecule has 0 aliphatic carbocycles. The van der Waals surface area contributed by atoms with Crippen LogP contribution in [0.5, 0.6) is 0 Å². The quantitative estimate of drug-likeness (QED) is 0.824. The maximum Gasteiger partial charge on any atom is 0.496 e. The smallest absolute Gasteiger partial charge is 0.399 e. The summed E-state index contributed by atoms with van der Waals surface area (Å²) in [7, 11) is 1.13. The monoisotopic (exact) mass is 276 g/mol. The average molecular weight is 276 g/mol. The standard InChI is InChI=1S/C14H21BN2O3/c1-13(2)14(3,4)20-15(19-13)11-9-17-7-6-10(11)8-12(18)16-5/h6-7,9H,8H2,1-5H3,(H,16,18). The Morgan fingerprint density at radius 1 is 1.30 bits per heavy atom. The first-order chi connectivity index (χ1) is 9.27. The molecule has 1 aliphatic heterocycles. The molecule has 20 heavy (non-hydrogen) atoms. The van der Waals surface area contributed by atoms with Gasteiger partial charge in [-0.15, -0.1) is 0 Å². The number of hydrogen-bond donors (Lipinski definition) is 1. The van der Waals surface area contributed by atoms with Gasteiger partial charge in [0.25, 0.3) is 0 Å². The Hall–Kier alpha value is -1.40. The Bertz CT molecular complexity index is 501. The molecule has 0 atom stereocenters. The SMILES string of the molecule is CNC(=O)Cc1ccncc1B1OC(C)(C)C(C)(C)O1. The van der Waals surface area contributed by atoms with Crippen molar-refractivity contribution in [2.45, 2.75) is 45.3 Å². The molecular weight excluding hydrogens is 255 g/mol. The number of hydrogen-bond acceptors (Lipinski definition) is 4. The molecule has 1 N–H and O–H groups in total. The Morgan fingerprint density at radius 3 is 2.45 bits per heavy atom. The van der Waals surface area contributed by atoms with E-state index in [-0.39, 0.29) is 5.91 Å². The molecule has 0 bridgehead atoms. The molecule has 1 amide bonds. The molecule has 0 saturated carbocycles. The summed E-state index contributed by atoms with van der Waals surface area (Å²) in [6.45, 7) is 8.01. The average Bonchev–Trinajstić information content (AvgIpc) is 2.59. The van der Waals surface area contributed by atoms with Gasteiger partial charge in [-0.2, -0.15) is 0 Å². The molecule has 0 aromatic carbocycles. The van der Waals surface area contributed by atoms with Gasteiger partial charge in [-0.05, 0) is 39.3 Å². The normalized spacial score (nSPS) is 19.9. The van der Waals surface area contributed by atoms with E-state index in [2.05, 4.69) is 10.3 Å². The fraction of sp³-hybridized carbons (Fsp3) is 0.571. The van der Waals surface area contributed by atoms with Crippen LogP contribution < -0.4 is 10.8 Å². The Balaban J connectivity index is 2.28. The third kappa shape index (κ3) is 2.71. The maximum atomic E-state index is 11.6. The summed E-state index contributed by atoms with van der Waals surface area (Å²) in [4.78, 5) is 15.7. The van der Waals surface area contributed by atoms with Crippen LogP contribution in [0.4, 0.5) is 0 Å². The molecule has 6 heteroatoms. The third-order valence-corrected chi connectivity index (χ3v) is 4.08. The second-order valence-electron chi connectivity index (χ2n) is 6.01. The topological polar surface area (TPSA) is 60.5 Å². The second kappa shape index (κ2) is 5.18. The number of nitrogens with one attached hydrogen (secondary N) is 1. The van der Waals surface area contributed by atoms with E-state index in [1.165, 1.54) is 0 Å². The lowest BCUT2D eigenvalue weighted by Crippen LogP contribution is -2.41. The van der Waals surface area contributed by atoms with Gasteiger partial charge in [0.05, 0.1) is 17.6 Å². The van der Waals surface area contributed by atoms with E-state index in [0.29, 0.717) is 6.42 Å². The zero-order valence-electron chi connectivity index (χ0n) is 12.7. The van der Waals surface area contributed by atoms with Crippen LogP contribution in [-0.4, -0.2) is 36.3 Å². The van der Waals surface area contributed by atoms with Gasteiger partial charge in [-0.1, -0.05) is 0 Å². The molecule has 0 unspecified atom stereocenters. The molecule has 1 saturated heterocycles. The molecule has 0 spiro atoms. The zero-order valence-corrected chi connectivity index (χ0v) is 12.7. The van der Waals surface area contributed by atoms with Gasteiger partial charge >= 0.3 is 7.12 Å². The van der Waals surface area contributed by atoms with Gasteiger partial charge in [-0.25, -0.2) is 0 Å².